The molecule has 0 fully saturated rings. The van der Waals surface area contributed by atoms with Crippen LogP contribution in [-0.2, 0) is 9.53 Å². The Morgan fingerprint density at radius 3 is 2.93 bits per heavy atom. The van der Waals surface area contributed by atoms with Crippen LogP contribution in [0.4, 0.5) is 0 Å². The highest BCUT2D eigenvalue weighted by atomic mass is 79.9. The van der Waals surface area contributed by atoms with Gasteiger partial charge in [0.05, 0.1) is 17.4 Å². The van der Waals surface area contributed by atoms with Crippen LogP contribution in [0.1, 0.15) is 12.6 Å². The van der Waals surface area contributed by atoms with E-state index in [4.69, 9.17) is 4.74 Å². The SMILES string of the molecule is CCOC(=O)CSc1cc(Br)cc(C)n1. The van der Waals surface area contributed by atoms with E-state index in [-0.39, 0.29) is 5.97 Å². The van der Waals surface area contributed by atoms with Crippen molar-refractivity contribution in [2.75, 3.05) is 12.4 Å². The van der Waals surface area contributed by atoms with Crippen molar-refractivity contribution in [1.82, 2.24) is 4.98 Å². The molecule has 0 aliphatic carbocycles. The second kappa shape index (κ2) is 6.12. The minimum absolute atomic E-state index is 0.207. The molecular weight excluding hydrogens is 278 g/mol. The van der Waals surface area contributed by atoms with Crippen molar-refractivity contribution >= 4 is 33.7 Å². The fourth-order valence-corrected chi connectivity index (χ4v) is 2.47. The first-order chi connectivity index (χ1) is 7.11. The summed E-state index contributed by atoms with van der Waals surface area (Å²) in [5.74, 6) is 0.0958. The maximum atomic E-state index is 11.1. The summed E-state index contributed by atoms with van der Waals surface area (Å²) in [5.41, 5.74) is 0.927. The fraction of sp³-hybridized carbons (Fsp3) is 0.400. The number of carbonyl (C=O) groups is 1. The third kappa shape index (κ3) is 4.66. The lowest BCUT2D eigenvalue weighted by molar-refractivity contribution is -0.139. The molecule has 0 spiro atoms. The largest absolute Gasteiger partial charge is 0.465 e. The van der Waals surface area contributed by atoms with Crippen molar-refractivity contribution in [1.29, 1.82) is 0 Å². The van der Waals surface area contributed by atoms with Crippen LogP contribution in [0.5, 0.6) is 0 Å². The van der Waals surface area contributed by atoms with Gasteiger partial charge in [-0.15, -0.1) is 0 Å². The number of rotatable bonds is 4. The summed E-state index contributed by atoms with van der Waals surface area (Å²) >= 11 is 4.76. The number of carbonyl (C=O) groups excluding carboxylic acids is 1. The standard InChI is InChI=1S/C10H12BrNO2S/c1-3-14-10(13)6-15-9-5-8(11)4-7(2)12-9/h4-5H,3,6H2,1-2H3. The number of aryl methyl sites for hydroxylation is 1. The van der Waals surface area contributed by atoms with Crippen molar-refractivity contribution in [3.8, 4) is 0 Å². The summed E-state index contributed by atoms with van der Waals surface area (Å²) in [4.78, 5) is 15.4. The summed E-state index contributed by atoms with van der Waals surface area (Å²) in [6, 6.07) is 3.81. The van der Waals surface area contributed by atoms with E-state index >= 15 is 0 Å². The van der Waals surface area contributed by atoms with E-state index < -0.39 is 0 Å². The van der Waals surface area contributed by atoms with E-state index in [1.807, 2.05) is 19.1 Å². The van der Waals surface area contributed by atoms with E-state index in [0.29, 0.717) is 12.4 Å². The van der Waals surface area contributed by atoms with Crippen LogP contribution in [-0.4, -0.2) is 23.3 Å². The number of pyridine rings is 1. The molecule has 0 aliphatic heterocycles. The molecule has 1 heterocycles. The van der Waals surface area contributed by atoms with E-state index in [1.54, 1.807) is 6.92 Å². The zero-order valence-electron chi connectivity index (χ0n) is 8.62. The smallest absolute Gasteiger partial charge is 0.316 e. The minimum atomic E-state index is -0.207. The highest BCUT2D eigenvalue weighted by Gasteiger charge is 2.05. The van der Waals surface area contributed by atoms with Crippen molar-refractivity contribution in [3.05, 3.63) is 22.3 Å². The summed E-state index contributed by atoms with van der Waals surface area (Å²) in [6.45, 7) is 4.13. The second-order valence-corrected chi connectivity index (χ2v) is 4.77. The molecule has 0 aliphatic rings. The molecule has 1 aromatic rings. The van der Waals surface area contributed by atoms with E-state index in [0.717, 1.165) is 15.2 Å². The Labute approximate surface area is 102 Å². The molecule has 3 nitrogen and oxygen atoms in total. The maximum absolute atomic E-state index is 11.1. The van der Waals surface area contributed by atoms with E-state index in [2.05, 4.69) is 20.9 Å². The Morgan fingerprint density at radius 1 is 1.60 bits per heavy atom. The van der Waals surface area contributed by atoms with Gasteiger partial charge in [0.2, 0.25) is 0 Å². The van der Waals surface area contributed by atoms with Crippen LogP contribution >= 0.6 is 27.7 Å². The van der Waals surface area contributed by atoms with E-state index in [9.17, 15) is 4.79 Å². The zero-order chi connectivity index (χ0) is 11.3. The third-order valence-electron chi connectivity index (χ3n) is 1.54. The molecule has 0 saturated carbocycles. The van der Waals surface area contributed by atoms with Gasteiger partial charge in [0.25, 0.3) is 0 Å². The summed E-state index contributed by atoms with van der Waals surface area (Å²) in [5, 5.41) is 0.829. The first-order valence-electron chi connectivity index (χ1n) is 4.54. The average Bonchev–Trinajstić information content (AvgIpc) is 2.14. The first-order valence-corrected chi connectivity index (χ1v) is 6.32. The van der Waals surface area contributed by atoms with E-state index in [1.165, 1.54) is 11.8 Å². The maximum Gasteiger partial charge on any atom is 0.316 e. The molecule has 0 saturated heterocycles. The topological polar surface area (TPSA) is 39.2 Å². The van der Waals surface area contributed by atoms with Gasteiger partial charge >= 0.3 is 5.97 Å². The quantitative estimate of drug-likeness (QED) is 0.631. The number of nitrogens with zero attached hydrogens (tertiary/aromatic N) is 1. The van der Waals surface area contributed by atoms with Gasteiger partial charge in [-0.05, 0) is 26.0 Å². The highest BCUT2D eigenvalue weighted by Crippen LogP contribution is 2.21. The number of hydrogen-bond acceptors (Lipinski definition) is 4. The van der Waals surface area contributed by atoms with Crippen molar-refractivity contribution in [3.63, 3.8) is 0 Å². The fourth-order valence-electron chi connectivity index (χ4n) is 1.01. The molecule has 82 valence electrons. The number of hydrogen-bond donors (Lipinski definition) is 0. The van der Waals surface area contributed by atoms with Crippen LogP contribution in [0.15, 0.2) is 21.6 Å². The number of halogens is 1. The second-order valence-electron chi connectivity index (χ2n) is 2.86. The molecule has 0 atom stereocenters. The van der Waals surface area contributed by atoms with Gasteiger partial charge in [0, 0.05) is 10.2 Å². The zero-order valence-corrected chi connectivity index (χ0v) is 11.0. The Morgan fingerprint density at radius 2 is 2.33 bits per heavy atom. The van der Waals surface area contributed by atoms with Crippen LogP contribution in [0.2, 0.25) is 0 Å². The van der Waals surface area contributed by atoms with Crippen molar-refractivity contribution in [2.24, 2.45) is 0 Å². The summed E-state index contributed by atoms with van der Waals surface area (Å²) < 4.78 is 5.80. The molecule has 0 radical (unpaired) electrons. The molecule has 0 bridgehead atoms. The minimum Gasteiger partial charge on any atom is -0.465 e. The lowest BCUT2D eigenvalue weighted by Gasteiger charge is -2.03. The van der Waals surface area contributed by atoms with Gasteiger partial charge in [-0.2, -0.15) is 0 Å². The van der Waals surface area contributed by atoms with Crippen LogP contribution in [0.25, 0.3) is 0 Å². The van der Waals surface area contributed by atoms with Crippen LogP contribution < -0.4 is 0 Å². The molecule has 5 heteroatoms. The predicted octanol–water partition coefficient (Wildman–Crippen LogP) is 2.81. The lowest BCUT2D eigenvalue weighted by Crippen LogP contribution is -2.06. The Kier molecular flexibility index (Phi) is 5.11. The monoisotopic (exact) mass is 289 g/mol. The highest BCUT2D eigenvalue weighted by molar-refractivity contribution is 9.10. The Balaban J connectivity index is 2.54. The third-order valence-corrected chi connectivity index (χ3v) is 2.88. The Hall–Kier alpha value is -0.550. The van der Waals surface area contributed by atoms with Gasteiger partial charge in [0.15, 0.2) is 0 Å². The van der Waals surface area contributed by atoms with Gasteiger partial charge in [-0.1, -0.05) is 27.7 Å². The molecule has 0 aromatic carbocycles. The van der Waals surface area contributed by atoms with Gasteiger partial charge in [0.1, 0.15) is 0 Å². The number of ether oxygens (including phenoxy) is 1. The van der Waals surface area contributed by atoms with Crippen molar-refractivity contribution in [2.45, 2.75) is 18.9 Å². The molecule has 1 rings (SSSR count). The first kappa shape index (κ1) is 12.5. The number of aromatic nitrogens is 1. The molecular formula is C10H12BrNO2S. The van der Waals surface area contributed by atoms with Crippen molar-refractivity contribution < 1.29 is 9.53 Å². The van der Waals surface area contributed by atoms with Crippen LogP contribution in [0.3, 0.4) is 0 Å². The normalized spacial score (nSPS) is 10.1. The Bertz CT molecular complexity index is 337. The molecule has 15 heavy (non-hydrogen) atoms. The molecule has 0 N–H and O–H groups in total. The molecule has 0 unspecified atom stereocenters. The average molecular weight is 290 g/mol. The number of thioether (sulfide) groups is 1. The lowest BCUT2D eigenvalue weighted by atomic mass is 10.4. The predicted molar refractivity (Wildman–Crippen MR) is 64.0 cm³/mol. The van der Waals surface area contributed by atoms with Gasteiger partial charge in [-0.25, -0.2) is 4.98 Å². The molecule has 0 amide bonds. The summed E-state index contributed by atoms with van der Waals surface area (Å²) in [7, 11) is 0. The molecule has 1 aromatic heterocycles. The van der Waals surface area contributed by atoms with Crippen LogP contribution in [0, 0.1) is 6.92 Å². The van der Waals surface area contributed by atoms with Gasteiger partial charge in [-0.3, -0.25) is 4.79 Å². The summed E-state index contributed by atoms with van der Waals surface area (Å²) in [6.07, 6.45) is 0. The van der Waals surface area contributed by atoms with Gasteiger partial charge < -0.3 is 4.74 Å². The number of esters is 1.